The molecule has 0 aliphatic carbocycles. The monoisotopic (exact) mass is 304 g/mol. The molecule has 0 atom stereocenters. The Kier molecular flexibility index (Phi) is 3.46. The molecule has 102 valence electrons. The summed E-state index contributed by atoms with van der Waals surface area (Å²) in [5.74, 6) is 0.898. The summed E-state index contributed by atoms with van der Waals surface area (Å²) in [4.78, 5) is 11.7. The molecule has 3 rings (SSSR count). The number of hydrogen-bond acceptors (Lipinski definition) is 5. The Bertz CT molecular complexity index is 756. The van der Waals surface area contributed by atoms with Gasteiger partial charge in [-0.3, -0.25) is 0 Å². The van der Waals surface area contributed by atoms with Gasteiger partial charge < -0.3 is 10.6 Å². The molecule has 0 saturated heterocycles. The standard InChI is InChI=1S/C14H13ClN4S/c1-19(7-9-6-10(16)2-3-12(9)15)13-11-4-5-20-14(11)18-8-17-13/h2-6,8H,7,16H2,1H3. The van der Waals surface area contributed by atoms with E-state index in [1.807, 2.05) is 30.6 Å². The van der Waals surface area contributed by atoms with E-state index in [-0.39, 0.29) is 0 Å². The molecular formula is C14H13ClN4S. The van der Waals surface area contributed by atoms with Gasteiger partial charge in [-0.2, -0.15) is 0 Å². The van der Waals surface area contributed by atoms with Crippen LogP contribution in [0.25, 0.3) is 10.2 Å². The molecule has 0 bridgehead atoms. The highest BCUT2D eigenvalue weighted by Gasteiger charge is 2.11. The van der Waals surface area contributed by atoms with E-state index in [4.69, 9.17) is 17.3 Å². The molecule has 6 heteroatoms. The second-order valence-corrected chi connectivity index (χ2v) is 5.85. The second-order valence-electron chi connectivity index (χ2n) is 4.54. The number of hydrogen-bond donors (Lipinski definition) is 1. The average Bonchev–Trinajstić information content (AvgIpc) is 2.91. The summed E-state index contributed by atoms with van der Waals surface area (Å²) in [6.45, 7) is 0.645. The van der Waals surface area contributed by atoms with Crippen molar-refractivity contribution in [3.63, 3.8) is 0 Å². The second kappa shape index (κ2) is 5.26. The Hall–Kier alpha value is -1.85. The normalized spacial score (nSPS) is 10.9. The largest absolute Gasteiger partial charge is 0.399 e. The Morgan fingerprint density at radius 2 is 2.15 bits per heavy atom. The molecule has 0 fully saturated rings. The first kappa shape index (κ1) is 13.1. The highest BCUT2D eigenvalue weighted by atomic mass is 35.5. The molecule has 1 aromatic carbocycles. The topological polar surface area (TPSA) is 55.0 Å². The zero-order chi connectivity index (χ0) is 14.1. The van der Waals surface area contributed by atoms with Crippen LogP contribution in [0.1, 0.15) is 5.56 Å². The number of halogens is 1. The van der Waals surface area contributed by atoms with Crippen molar-refractivity contribution in [2.75, 3.05) is 17.7 Å². The van der Waals surface area contributed by atoms with Crippen LogP contribution in [0.5, 0.6) is 0 Å². The zero-order valence-electron chi connectivity index (χ0n) is 10.9. The van der Waals surface area contributed by atoms with Gasteiger partial charge in [0.15, 0.2) is 0 Å². The Morgan fingerprint density at radius 1 is 1.30 bits per heavy atom. The van der Waals surface area contributed by atoms with Gasteiger partial charge in [0.2, 0.25) is 0 Å². The van der Waals surface area contributed by atoms with E-state index in [9.17, 15) is 0 Å². The molecule has 0 aliphatic heterocycles. The fourth-order valence-corrected chi connectivity index (χ4v) is 3.03. The van der Waals surface area contributed by atoms with E-state index in [1.54, 1.807) is 23.7 Å². The van der Waals surface area contributed by atoms with Gasteiger partial charge in [-0.05, 0) is 35.2 Å². The zero-order valence-corrected chi connectivity index (χ0v) is 12.4. The minimum Gasteiger partial charge on any atom is -0.399 e. The van der Waals surface area contributed by atoms with Crippen molar-refractivity contribution in [3.8, 4) is 0 Å². The first-order valence-electron chi connectivity index (χ1n) is 6.08. The Morgan fingerprint density at radius 3 is 3.00 bits per heavy atom. The highest BCUT2D eigenvalue weighted by Crippen LogP contribution is 2.28. The van der Waals surface area contributed by atoms with Crippen LogP contribution in [-0.4, -0.2) is 17.0 Å². The summed E-state index contributed by atoms with van der Waals surface area (Å²) in [5.41, 5.74) is 7.51. The molecule has 0 amide bonds. The van der Waals surface area contributed by atoms with E-state index in [1.165, 1.54) is 0 Å². The minimum atomic E-state index is 0.645. The first-order chi connectivity index (χ1) is 9.65. The van der Waals surface area contributed by atoms with Crippen LogP contribution in [0.4, 0.5) is 11.5 Å². The predicted molar refractivity (Wildman–Crippen MR) is 85.4 cm³/mol. The summed E-state index contributed by atoms with van der Waals surface area (Å²) < 4.78 is 0. The SMILES string of the molecule is CN(Cc1cc(N)ccc1Cl)c1ncnc2sccc12. The van der Waals surface area contributed by atoms with E-state index in [2.05, 4.69) is 14.9 Å². The number of aromatic nitrogens is 2. The molecule has 0 radical (unpaired) electrons. The summed E-state index contributed by atoms with van der Waals surface area (Å²) in [7, 11) is 1.99. The number of benzene rings is 1. The lowest BCUT2D eigenvalue weighted by atomic mass is 10.2. The molecule has 0 saturated carbocycles. The third-order valence-electron chi connectivity index (χ3n) is 3.08. The number of nitrogens with zero attached hydrogens (tertiary/aromatic N) is 3. The smallest absolute Gasteiger partial charge is 0.140 e. The summed E-state index contributed by atoms with van der Waals surface area (Å²) >= 11 is 7.82. The van der Waals surface area contributed by atoms with E-state index >= 15 is 0 Å². The van der Waals surface area contributed by atoms with Gasteiger partial charge in [0.05, 0.1) is 5.39 Å². The molecule has 20 heavy (non-hydrogen) atoms. The molecule has 2 aromatic heterocycles. The molecule has 2 heterocycles. The fraction of sp³-hybridized carbons (Fsp3) is 0.143. The molecular weight excluding hydrogens is 292 g/mol. The lowest BCUT2D eigenvalue weighted by molar-refractivity contribution is 0.901. The Balaban J connectivity index is 1.95. The fourth-order valence-electron chi connectivity index (χ4n) is 2.13. The minimum absolute atomic E-state index is 0.645. The van der Waals surface area contributed by atoms with Gasteiger partial charge in [0, 0.05) is 24.3 Å². The molecule has 2 N–H and O–H groups in total. The van der Waals surface area contributed by atoms with Crippen LogP contribution in [0, 0.1) is 0 Å². The third-order valence-corrected chi connectivity index (χ3v) is 4.27. The van der Waals surface area contributed by atoms with Crippen molar-refractivity contribution >= 4 is 44.7 Å². The number of rotatable bonds is 3. The van der Waals surface area contributed by atoms with Gasteiger partial charge in [-0.15, -0.1) is 11.3 Å². The third kappa shape index (κ3) is 2.42. The Labute approximate surface area is 125 Å². The van der Waals surface area contributed by atoms with Crippen LogP contribution >= 0.6 is 22.9 Å². The van der Waals surface area contributed by atoms with Gasteiger partial charge in [-0.25, -0.2) is 9.97 Å². The van der Waals surface area contributed by atoms with Gasteiger partial charge in [0.1, 0.15) is 17.0 Å². The molecule has 0 spiro atoms. The van der Waals surface area contributed by atoms with Crippen molar-refractivity contribution in [2.24, 2.45) is 0 Å². The molecule has 0 aliphatic rings. The number of nitrogens with two attached hydrogens (primary N) is 1. The molecule has 3 aromatic rings. The van der Waals surface area contributed by atoms with Crippen LogP contribution in [0.15, 0.2) is 36.0 Å². The number of fused-ring (bicyclic) bond motifs is 1. The number of nitrogen functional groups attached to an aromatic ring is 1. The van der Waals surface area contributed by atoms with E-state index in [0.29, 0.717) is 17.3 Å². The van der Waals surface area contributed by atoms with Crippen molar-refractivity contribution in [1.29, 1.82) is 0 Å². The van der Waals surface area contributed by atoms with Gasteiger partial charge in [-0.1, -0.05) is 11.6 Å². The predicted octanol–water partition coefficient (Wildman–Crippen LogP) is 3.56. The van der Waals surface area contributed by atoms with Crippen molar-refractivity contribution < 1.29 is 0 Å². The van der Waals surface area contributed by atoms with Crippen molar-refractivity contribution in [1.82, 2.24) is 9.97 Å². The summed E-state index contributed by atoms with van der Waals surface area (Å²) in [6.07, 6.45) is 1.59. The van der Waals surface area contributed by atoms with Crippen LogP contribution in [-0.2, 0) is 6.54 Å². The molecule has 4 nitrogen and oxygen atoms in total. The first-order valence-corrected chi connectivity index (χ1v) is 7.34. The highest BCUT2D eigenvalue weighted by molar-refractivity contribution is 7.16. The van der Waals surface area contributed by atoms with Crippen LogP contribution in [0.2, 0.25) is 5.02 Å². The lowest BCUT2D eigenvalue weighted by Gasteiger charge is -2.19. The number of anilines is 2. The van der Waals surface area contributed by atoms with Gasteiger partial charge >= 0.3 is 0 Å². The van der Waals surface area contributed by atoms with Crippen LogP contribution < -0.4 is 10.6 Å². The van der Waals surface area contributed by atoms with E-state index in [0.717, 1.165) is 21.6 Å². The van der Waals surface area contributed by atoms with Crippen molar-refractivity contribution in [2.45, 2.75) is 6.54 Å². The van der Waals surface area contributed by atoms with Crippen LogP contribution in [0.3, 0.4) is 0 Å². The molecule has 0 unspecified atom stereocenters. The maximum atomic E-state index is 6.21. The average molecular weight is 305 g/mol. The van der Waals surface area contributed by atoms with E-state index < -0.39 is 0 Å². The lowest BCUT2D eigenvalue weighted by Crippen LogP contribution is -2.18. The maximum Gasteiger partial charge on any atom is 0.140 e. The quantitative estimate of drug-likeness (QED) is 0.752. The number of thiophene rings is 1. The summed E-state index contributed by atoms with van der Waals surface area (Å²) in [6, 6.07) is 7.55. The van der Waals surface area contributed by atoms with Crippen molar-refractivity contribution in [3.05, 3.63) is 46.6 Å². The maximum absolute atomic E-state index is 6.21. The van der Waals surface area contributed by atoms with Gasteiger partial charge in [0.25, 0.3) is 0 Å². The summed E-state index contributed by atoms with van der Waals surface area (Å²) in [5, 5.41) is 3.78.